The third-order valence-corrected chi connectivity index (χ3v) is 4.69. The molecule has 2 rings (SSSR count). The fourth-order valence-electron chi connectivity index (χ4n) is 1.82. The summed E-state index contributed by atoms with van der Waals surface area (Å²) in [6, 6.07) is 0. The van der Waals surface area contributed by atoms with Gasteiger partial charge in [-0.1, -0.05) is 0 Å². The van der Waals surface area contributed by atoms with Crippen LogP contribution in [-0.2, 0) is 19.1 Å². The Morgan fingerprint density at radius 1 is 1.33 bits per heavy atom. The van der Waals surface area contributed by atoms with Crippen LogP contribution in [-0.4, -0.2) is 29.0 Å². The minimum absolute atomic E-state index is 0.408. The Bertz CT molecular complexity index is 678. The second-order valence-electron chi connectivity index (χ2n) is 4.84. The summed E-state index contributed by atoms with van der Waals surface area (Å²) in [6.45, 7) is 5.55. The third kappa shape index (κ3) is 5.75. The van der Waals surface area contributed by atoms with Crippen molar-refractivity contribution in [2.24, 2.45) is 4.99 Å². The van der Waals surface area contributed by atoms with E-state index >= 15 is 0 Å². The van der Waals surface area contributed by atoms with Crippen molar-refractivity contribution >= 4 is 28.6 Å². The van der Waals surface area contributed by atoms with Gasteiger partial charge in [-0.15, -0.1) is 22.7 Å². The van der Waals surface area contributed by atoms with Gasteiger partial charge in [0.15, 0.2) is 11.7 Å². The number of thiazole rings is 2. The maximum Gasteiger partial charge on any atom is 0.434 e. The topological polar surface area (TPSA) is 62.2 Å². The summed E-state index contributed by atoms with van der Waals surface area (Å²) in [5, 5.41) is 8.68. The molecular weight excluding hydrogens is 359 g/mol. The van der Waals surface area contributed by atoms with E-state index in [4.69, 9.17) is 0 Å². The molecular formula is C14H18F3N5S2. The van der Waals surface area contributed by atoms with Crippen LogP contribution in [0.15, 0.2) is 16.6 Å². The number of nitrogens with one attached hydrogen (secondary N) is 2. The minimum atomic E-state index is -4.38. The van der Waals surface area contributed by atoms with Crippen LogP contribution in [0.3, 0.4) is 0 Å². The molecule has 0 atom stereocenters. The van der Waals surface area contributed by atoms with E-state index in [0.717, 1.165) is 26.6 Å². The molecule has 10 heteroatoms. The molecule has 5 nitrogen and oxygen atoms in total. The fourth-order valence-corrected chi connectivity index (χ4v) is 3.35. The normalized spacial score (nSPS) is 12.5. The first-order valence-electron chi connectivity index (χ1n) is 7.33. The van der Waals surface area contributed by atoms with Crippen molar-refractivity contribution in [1.82, 2.24) is 20.6 Å². The molecule has 132 valence electrons. The molecule has 24 heavy (non-hydrogen) atoms. The first-order valence-corrected chi connectivity index (χ1v) is 9.03. The second kappa shape index (κ2) is 8.43. The highest BCUT2D eigenvalue weighted by Gasteiger charge is 2.33. The van der Waals surface area contributed by atoms with Gasteiger partial charge in [-0.05, 0) is 13.8 Å². The van der Waals surface area contributed by atoms with Crippen LogP contribution < -0.4 is 10.6 Å². The predicted octanol–water partition coefficient (Wildman–Crippen LogP) is 3.22. The van der Waals surface area contributed by atoms with Gasteiger partial charge in [0.1, 0.15) is 0 Å². The highest BCUT2D eigenvalue weighted by Crippen LogP contribution is 2.29. The van der Waals surface area contributed by atoms with Crippen molar-refractivity contribution in [1.29, 1.82) is 0 Å². The second-order valence-corrected chi connectivity index (χ2v) is 7.10. The van der Waals surface area contributed by atoms with Gasteiger partial charge in [-0.25, -0.2) is 15.0 Å². The zero-order chi connectivity index (χ0) is 17.6. The highest BCUT2D eigenvalue weighted by molar-refractivity contribution is 7.11. The number of alkyl halides is 3. The average Bonchev–Trinajstić information content (AvgIpc) is 3.13. The van der Waals surface area contributed by atoms with Gasteiger partial charge in [-0.2, -0.15) is 13.2 Å². The van der Waals surface area contributed by atoms with Crippen LogP contribution in [0, 0.1) is 6.92 Å². The monoisotopic (exact) mass is 377 g/mol. The van der Waals surface area contributed by atoms with Gasteiger partial charge in [0.05, 0.1) is 16.6 Å². The van der Waals surface area contributed by atoms with Crippen LogP contribution in [0.5, 0.6) is 0 Å². The van der Waals surface area contributed by atoms with E-state index in [0.29, 0.717) is 37.0 Å². The van der Waals surface area contributed by atoms with Crippen molar-refractivity contribution in [3.63, 3.8) is 0 Å². The molecule has 0 radical (unpaired) electrons. The Kier molecular flexibility index (Phi) is 6.55. The lowest BCUT2D eigenvalue weighted by atomic mass is 10.4. The summed E-state index contributed by atoms with van der Waals surface area (Å²) in [7, 11) is 0. The van der Waals surface area contributed by atoms with Crippen LogP contribution in [0.4, 0.5) is 13.2 Å². The van der Waals surface area contributed by atoms with E-state index < -0.39 is 11.9 Å². The molecule has 0 aliphatic heterocycles. The maximum atomic E-state index is 12.5. The number of hydrogen-bond donors (Lipinski definition) is 2. The molecule has 2 N–H and O–H groups in total. The quantitative estimate of drug-likeness (QED) is 0.599. The van der Waals surface area contributed by atoms with Gasteiger partial charge >= 0.3 is 6.18 Å². The van der Waals surface area contributed by atoms with E-state index in [1.54, 1.807) is 17.5 Å². The van der Waals surface area contributed by atoms with Crippen molar-refractivity contribution < 1.29 is 13.2 Å². The number of hydrogen-bond acceptors (Lipinski definition) is 5. The molecule has 0 aliphatic carbocycles. The molecule has 0 bridgehead atoms. The molecule has 0 aromatic carbocycles. The molecule has 2 aromatic rings. The summed E-state index contributed by atoms with van der Waals surface area (Å²) in [5.74, 6) is 0.621. The molecule has 0 aliphatic rings. The minimum Gasteiger partial charge on any atom is -0.357 e. The van der Waals surface area contributed by atoms with Gasteiger partial charge in [-0.3, -0.25) is 0 Å². The summed E-state index contributed by atoms with van der Waals surface area (Å²) < 4.78 is 37.5. The van der Waals surface area contributed by atoms with Crippen molar-refractivity contribution in [3.8, 4) is 0 Å². The van der Waals surface area contributed by atoms with E-state index in [2.05, 4.69) is 25.6 Å². The Morgan fingerprint density at radius 2 is 2.12 bits per heavy atom. The average molecular weight is 377 g/mol. The fraction of sp³-hybridized carbons (Fsp3) is 0.500. The van der Waals surface area contributed by atoms with Gasteiger partial charge < -0.3 is 10.6 Å². The summed E-state index contributed by atoms with van der Waals surface area (Å²) in [6.07, 6.45) is -2.18. The molecule has 0 spiro atoms. The third-order valence-electron chi connectivity index (χ3n) is 2.88. The van der Waals surface area contributed by atoms with Crippen molar-refractivity contribution in [2.45, 2.75) is 33.0 Å². The molecule has 0 fully saturated rings. The summed E-state index contributed by atoms with van der Waals surface area (Å²) >= 11 is 2.60. The van der Waals surface area contributed by atoms with Crippen molar-refractivity contribution in [3.05, 3.63) is 32.2 Å². The SMILES string of the molecule is CCNC(=NCc1cnc(C)s1)NCCc1nc(C(F)(F)F)cs1. The highest BCUT2D eigenvalue weighted by atomic mass is 32.1. The van der Waals surface area contributed by atoms with Gasteiger partial charge in [0.25, 0.3) is 0 Å². The molecule has 0 saturated carbocycles. The number of aliphatic imine (C=N–C) groups is 1. The molecule has 0 amide bonds. The summed E-state index contributed by atoms with van der Waals surface area (Å²) in [5.41, 5.74) is -0.830. The first-order chi connectivity index (χ1) is 11.4. The zero-order valence-corrected chi connectivity index (χ0v) is 14.9. The lowest BCUT2D eigenvalue weighted by Crippen LogP contribution is -2.38. The van der Waals surface area contributed by atoms with Gasteiger partial charge in [0.2, 0.25) is 0 Å². The van der Waals surface area contributed by atoms with Crippen molar-refractivity contribution in [2.75, 3.05) is 13.1 Å². The lowest BCUT2D eigenvalue weighted by molar-refractivity contribution is -0.140. The standard InChI is InChI=1S/C14H18F3N5S2/c1-3-18-13(21-7-10-6-20-9(2)24-10)19-5-4-12-22-11(8-23-12)14(15,16)17/h6,8H,3-5,7H2,1-2H3,(H2,18,19,21). The van der Waals surface area contributed by atoms with E-state index in [1.165, 1.54) is 0 Å². The predicted molar refractivity (Wildman–Crippen MR) is 90.5 cm³/mol. The van der Waals surface area contributed by atoms with Gasteiger partial charge in [0, 0.05) is 36.0 Å². The lowest BCUT2D eigenvalue weighted by Gasteiger charge is -2.10. The smallest absolute Gasteiger partial charge is 0.357 e. The Balaban J connectivity index is 1.85. The molecule has 2 aromatic heterocycles. The number of halogens is 3. The Morgan fingerprint density at radius 3 is 2.71 bits per heavy atom. The number of rotatable bonds is 6. The number of nitrogens with zero attached hydrogens (tertiary/aromatic N) is 3. The number of aromatic nitrogens is 2. The Labute approximate surface area is 146 Å². The maximum absolute atomic E-state index is 12.5. The molecule has 0 unspecified atom stereocenters. The van der Waals surface area contributed by atoms with E-state index in [-0.39, 0.29) is 0 Å². The zero-order valence-electron chi connectivity index (χ0n) is 13.3. The molecule has 2 heterocycles. The van der Waals surface area contributed by atoms with E-state index in [9.17, 15) is 13.2 Å². The van der Waals surface area contributed by atoms with Crippen LogP contribution >= 0.6 is 22.7 Å². The summed E-state index contributed by atoms with van der Waals surface area (Å²) in [4.78, 5) is 13.3. The largest absolute Gasteiger partial charge is 0.434 e. The van der Waals surface area contributed by atoms with Crippen LogP contribution in [0.25, 0.3) is 0 Å². The number of guanidine groups is 1. The Hall–Kier alpha value is -1.68. The first kappa shape index (κ1) is 18.7. The van der Waals surface area contributed by atoms with E-state index in [1.807, 2.05) is 13.8 Å². The molecule has 0 saturated heterocycles. The number of aryl methyl sites for hydroxylation is 1. The van der Waals surface area contributed by atoms with Crippen LogP contribution in [0.2, 0.25) is 0 Å². The van der Waals surface area contributed by atoms with Crippen LogP contribution in [0.1, 0.15) is 27.5 Å².